The molecule has 0 spiro atoms. The Morgan fingerprint density at radius 1 is 1.43 bits per heavy atom. The summed E-state index contributed by atoms with van der Waals surface area (Å²) in [5, 5.41) is 2.89. The normalized spacial score (nSPS) is 17.5. The van der Waals surface area contributed by atoms with Crippen LogP contribution in [0.5, 0.6) is 11.5 Å². The molecular weight excluding hydrogens is 385 g/mol. The van der Waals surface area contributed by atoms with Gasteiger partial charge in [-0.25, -0.2) is 9.37 Å². The molecule has 2 bridgehead atoms. The van der Waals surface area contributed by atoms with E-state index in [-0.39, 0.29) is 23.1 Å². The molecule has 1 aliphatic rings. The number of halogens is 2. The number of likely N-dealkylation sites (N-methyl/N-ethyl adjacent to an activating group) is 1. The lowest BCUT2D eigenvalue weighted by Crippen LogP contribution is -2.31. The highest BCUT2D eigenvalue weighted by molar-refractivity contribution is 6.31. The van der Waals surface area contributed by atoms with Gasteiger partial charge in [0.2, 0.25) is 0 Å². The van der Waals surface area contributed by atoms with Crippen molar-refractivity contribution in [3.05, 3.63) is 52.9 Å². The van der Waals surface area contributed by atoms with E-state index in [2.05, 4.69) is 16.9 Å². The van der Waals surface area contributed by atoms with E-state index in [0.29, 0.717) is 35.0 Å². The first-order valence-electron chi connectivity index (χ1n) is 8.73. The molecule has 1 atom stereocenters. The number of hydrogen-bond acceptors (Lipinski definition) is 5. The number of nitrogens with zero attached hydrogens (tertiary/aromatic N) is 2. The minimum atomic E-state index is -0.615. The molecule has 1 aromatic carbocycles. The van der Waals surface area contributed by atoms with Crippen molar-refractivity contribution in [3.63, 3.8) is 0 Å². The van der Waals surface area contributed by atoms with Crippen molar-refractivity contribution in [1.82, 2.24) is 9.88 Å². The molecular formula is C20H21ClFN3O3. The van der Waals surface area contributed by atoms with Crippen LogP contribution in [0.15, 0.2) is 31.0 Å². The number of benzene rings is 1. The highest BCUT2D eigenvalue weighted by Crippen LogP contribution is 2.37. The number of anilines is 1. The molecule has 0 unspecified atom stereocenters. The Bertz CT molecular complexity index is 935. The Hall–Kier alpha value is -2.80. The summed E-state index contributed by atoms with van der Waals surface area (Å²) in [6, 6.07) is 4.42. The molecule has 1 N–H and O–H groups in total. The fourth-order valence-electron chi connectivity index (χ4n) is 3.00. The van der Waals surface area contributed by atoms with E-state index in [1.54, 1.807) is 27.1 Å². The topological polar surface area (TPSA) is 63.7 Å². The summed E-state index contributed by atoms with van der Waals surface area (Å²) in [5.74, 6) is 0.473. The SMILES string of the molecule is C=C1C(=O)N(C)CCOc2ccc(F)c(Cl)c2[C@@H](C)Oc2cnc(NC)c1c2. The molecule has 2 aromatic rings. The van der Waals surface area contributed by atoms with Gasteiger partial charge in [-0.3, -0.25) is 4.79 Å². The zero-order valence-corrected chi connectivity index (χ0v) is 16.6. The minimum absolute atomic E-state index is 0.0614. The fourth-order valence-corrected chi connectivity index (χ4v) is 3.31. The van der Waals surface area contributed by atoms with Crippen LogP contribution in [-0.4, -0.2) is 43.0 Å². The number of hydrogen-bond donors (Lipinski definition) is 1. The number of ether oxygens (including phenoxy) is 2. The number of nitrogens with one attached hydrogen (secondary N) is 1. The average Bonchev–Trinajstić information content (AvgIpc) is 2.69. The standard InChI is InChI=1S/C20H21ClFN3O3/c1-11-14-9-13(10-24-19(14)23-3)28-12(2)17-16(6-5-15(22)18(17)21)27-8-7-25(4)20(11)26/h5-6,9-10,12H,1,7-8H2,2-4H3,(H,23,24)/t12-/m1/s1. The third-order valence-electron chi connectivity index (χ3n) is 4.53. The highest BCUT2D eigenvalue weighted by Gasteiger charge is 2.24. The number of aromatic nitrogens is 1. The number of pyridine rings is 1. The van der Waals surface area contributed by atoms with Gasteiger partial charge in [0.15, 0.2) is 0 Å². The Labute approximate surface area is 167 Å². The van der Waals surface area contributed by atoms with Crippen molar-refractivity contribution in [2.75, 3.05) is 32.6 Å². The molecule has 2 heterocycles. The summed E-state index contributed by atoms with van der Waals surface area (Å²) in [4.78, 5) is 18.5. The second-order valence-corrected chi connectivity index (χ2v) is 6.78. The van der Waals surface area contributed by atoms with Crippen LogP contribution in [0.3, 0.4) is 0 Å². The number of carbonyl (C=O) groups is 1. The van der Waals surface area contributed by atoms with E-state index in [1.807, 2.05) is 0 Å². The van der Waals surface area contributed by atoms with Gasteiger partial charge in [-0.15, -0.1) is 0 Å². The highest BCUT2D eigenvalue weighted by atomic mass is 35.5. The van der Waals surface area contributed by atoms with E-state index in [9.17, 15) is 9.18 Å². The summed E-state index contributed by atoms with van der Waals surface area (Å²) in [5.41, 5.74) is 1.20. The first-order valence-corrected chi connectivity index (χ1v) is 9.11. The van der Waals surface area contributed by atoms with Gasteiger partial charge in [0, 0.05) is 25.2 Å². The quantitative estimate of drug-likeness (QED) is 0.728. The maximum atomic E-state index is 14.1. The molecule has 1 aromatic heterocycles. The van der Waals surface area contributed by atoms with Crippen molar-refractivity contribution in [2.45, 2.75) is 13.0 Å². The third kappa shape index (κ3) is 3.75. The molecule has 1 aliphatic heterocycles. The summed E-state index contributed by atoms with van der Waals surface area (Å²) < 4.78 is 25.8. The van der Waals surface area contributed by atoms with Gasteiger partial charge in [0.25, 0.3) is 5.91 Å². The maximum Gasteiger partial charge on any atom is 0.253 e. The van der Waals surface area contributed by atoms with Crippen molar-refractivity contribution in [1.29, 1.82) is 0 Å². The smallest absolute Gasteiger partial charge is 0.253 e. The average molecular weight is 406 g/mol. The lowest BCUT2D eigenvalue weighted by molar-refractivity contribution is -0.124. The fraction of sp³-hybridized carbons (Fsp3) is 0.300. The van der Waals surface area contributed by atoms with Crippen molar-refractivity contribution >= 4 is 28.9 Å². The molecule has 3 rings (SSSR count). The first kappa shape index (κ1) is 19.9. The second kappa shape index (κ2) is 8.06. The zero-order chi connectivity index (χ0) is 20.4. The molecule has 0 saturated carbocycles. The molecule has 0 saturated heterocycles. The van der Waals surface area contributed by atoms with E-state index >= 15 is 0 Å². The van der Waals surface area contributed by atoms with Crippen LogP contribution in [0.4, 0.5) is 10.2 Å². The van der Waals surface area contributed by atoms with Gasteiger partial charge in [0.1, 0.15) is 35.8 Å². The van der Waals surface area contributed by atoms with Crippen LogP contribution in [0.1, 0.15) is 24.2 Å². The number of fused-ring (bicyclic) bond motifs is 3. The Kier molecular flexibility index (Phi) is 5.74. The van der Waals surface area contributed by atoms with E-state index in [4.69, 9.17) is 21.1 Å². The summed E-state index contributed by atoms with van der Waals surface area (Å²) in [6.07, 6.45) is 0.900. The van der Waals surface area contributed by atoms with Crippen LogP contribution in [0.2, 0.25) is 5.02 Å². The lowest BCUT2D eigenvalue weighted by atomic mass is 10.1. The monoisotopic (exact) mass is 405 g/mol. The molecule has 0 fully saturated rings. The van der Waals surface area contributed by atoms with Crippen LogP contribution in [-0.2, 0) is 4.79 Å². The van der Waals surface area contributed by atoms with E-state index in [1.165, 1.54) is 23.2 Å². The van der Waals surface area contributed by atoms with Crippen molar-refractivity contribution in [2.24, 2.45) is 0 Å². The van der Waals surface area contributed by atoms with Crippen LogP contribution < -0.4 is 14.8 Å². The van der Waals surface area contributed by atoms with Gasteiger partial charge in [-0.2, -0.15) is 0 Å². The van der Waals surface area contributed by atoms with Crippen molar-refractivity contribution in [3.8, 4) is 11.5 Å². The summed E-state index contributed by atoms with van der Waals surface area (Å²) in [7, 11) is 3.36. The molecule has 0 aliphatic carbocycles. The maximum absolute atomic E-state index is 14.1. The van der Waals surface area contributed by atoms with Gasteiger partial charge in [-0.1, -0.05) is 18.2 Å². The molecule has 148 valence electrons. The largest absolute Gasteiger partial charge is 0.491 e. The van der Waals surface area contributed by atoms with E-state index in [0.717, 1.165) is 0 Å². The molecule has 1 amide bonds. The molecule has 8 heteroatoms. The Balaban J connectivity index is 2.12. The van der Waals surface area contributed by atoms with E-state index < -0.39 is 11.9 Å². The lowest BCUT2D eigenvalue weighted by Gasteiger charge is -2.21. The Morgan fingerprint density at radius 2 is 2.18 bits per heavy atom. The van der Waals surface area contributed by atoms with Crippen LogP contribution in [0.25, 0.3) is 5.57 Å². The van der Waals surface area contributed by atoms with Gasteiger partial charge in [-0.05, 0) is 25.1 Å². The predicted molar refractivity (Wildman–Crippen MR) is 106 cm³/mol. The summed E-state index contributed by atoms with van der Waals surface area (Å²) in [6.45, 7) is 6.18. The molecule has 6 nitrogen and oxygen atoms in total. The minimum Gasteiger partial charge on any atom is -0.491 e. The number of carbonyl (C=O) groups excluding carboxylic acids is 1. The zero-order valence-electron chi connectivity index (χ0n) is 15.9. The number of rotatable bonds is 1. The Morgan fingerprint density at radius 3 is 2.89 bits per heavy atom. The van der Waals surface area contributed by atoms with Gasteiger partial charge < -0.3 is 19.7 Å². The summed E-state index contributed by atoms with van der Waals surface area (Å²) >= 11 is 6.20. The first-order chi connectivity index (χ1) is 13.3. The second-order valence-electron chi connectivity index (χ2n) is 6.40. The van der Waals surface area contributed by atoms with Gasteiger partial charge in [0.05, 0.1) is 23.3 Å². The van der Waals surface area contributed by atoms with Crippen molar-refractivity contribution < 1.29 is 18.7 Å². The molecule has 28 heavy (non-hydrogen) atoms. The molecule has 0 radical (unpaired) electrons. The predicted octanol–water partition coefficient (Wildman–Crippen LogP) is 3.92. The van der Waals surface area contributed by atoms with Crippen LogP contribution >= 0.6 is 11.6 Å². The number of amides is 1. The van der Waals surface area contributed by atoms with Gasteiger partial charge >= 0.3 is 0 Å². The third-order valence-corrected chi connectivity index (χ3v) is 4.91. The van der Waals surface area contributed by atoms with Crippen LogP contribution in [0, 0.1) is 5.82 Å².